The second kappa shape index (κ2) is 11.2. The first-order valence-electron chi connectivity index (χ1n) is 12.0. The van der Waals surface area contributed by atoms with E-state index in [0.29, 0.717) is 31.2 Å². The van der Waals surface area contributed by atoms with E-state index in [1.165, 1.54) is 24.3 Å². The molecule has 0 bridgehead atoms. The van der Waals surface area contributed by atoms with Crippen molar-refractivity contribution in [2.24, 2.45) is 0 Å². The second-order valence-corrected chi connectivity index (χ2v) is 8.78. The second-order valence-electron chi connectivity index (χ2n) is 8.78. The maximum absolute atomic E-state index is 15.0. The van der Waals surface area contributed by atoms with Crippen LogP contribution in [-0.4, -0.2) is 13.2 Å². The van der Waals surface area contributed by atoms with E-state index in [2.05, 4.69) is 6.58 Å². The first-order valence-corrected chi connectivity index (χ1v) is 12.0. The molecule has 4 rings (SSSR count). The normalized spacial score (nSPS) is 17.7. The van der Waals surface area contributed by atoms with Gasteiger partial charge in [-0.3, -0.25) is 0 Å². The average molecular weight is 503 g/mol. The number of rotatable bonds is 8. The molecular weight excluding hydrogens is 475 g/mol. The fraction of sp³-hybridized carbons (Fsp3) is 0.310. The van der Waals surface area contributed by atoms with Gasteiger partial charge in [-0.05, 0) is 61.9 Å². The van der Waals surface area contributed by atoms with Gasteiger partial charge in [-0.25, -0.2) is 17.6 Å². The van der Waals surface area contributed by atoms with E-state index < -0.39 is 40.5 Å². The number of ether oxygens (including phenoxy) is 2. The highest BCUT2D eigenvalue weighted by atomic mass is 19.2. The van der Waals surface area contributed by atoms with Gasteiger partial charge >= 0.3 is 0 Å². The molecule has 2 atom stereocenters. The molecule has 190 valence electrons. The molecule has 1 heterocycles. The molecule has 36 heavy (non-hydrogen) atoms. The van der Waals surface area contributed by atoms with Crippen LogP contribution < -0.4 is 4.74 Å². The summed E-state index contributed by atoms with van der Waals surface area (Å²) >= 11 is 0. The van der Waals surface area contributed by atoms with Crippen LogP contribution in [0.5, 0.6) is 5.75 Å². The summed E-state index contributed by atoms with van der Waals surface area (Å²) in [4.78, 5) is 0. The number of aryl methyl sites for hydroxylation is 1. The Hall–Kier alpha value is -3.19. The third kappa shape index (κ3) is 5.16. The van der Waals surface area contributed by atoms with Crippen LogP contribution in [0.25, 0.3) is 11.1 Å². The molecule has 2 unspecified atom stereocenters. The van der Waals surface area contributed by atoms with Gasteiger partial charge in [0.15, 0.2) is 23.2 Å². The summed E-state index contributed by atoms with van der Waals surface area (Å²) in [6.45, 7) is 5.62. The fourth-order valence-electron chi connectivity index (χ4n) is 4.57. The lowest BCUT2D eigenvalue weighted by molar-refractivity contribution is 0.0000503. The highest BCUT2D eigenvalue weighted by molar-refractivity contribution is 5.66. The maximum atomic E-state index is 15.0. The van der Waals surface area contributed by atoms with Gasteiger partial charge in [0, 0.05) is 22.6 Å². The number of benzene rings is 3. The van der Waals surface area contributed by atoms with Gasteiger partial charge in [-0.15, -0.1) is 6.58 Å². The lowest BCUT2D eigenvalue weighted by atomic mass is 9.88. The number of halogens is 5. The van der Waals surface area contributed by atoms with Gasteiger partial charge in [0.25, 0.3) is 0 Å². The first kappa shape index (κ1) is 25.9. The Labute approximate surface area is 207 Å². The molecule has 1 aliphatic rings. The molecule has 7 heteroatoms. The Morgan fingerprint density at radius 1 is 0.917 bits per heavy atom. The molecule has 0 spiro atoms. The van der Waals surface area contributed by atoms with E-state index in [1.54, 1.807) is 19.1 Å². The van der Waals surface area contributed by atoms with Crippen LogP contribution in [-0.2, 0) is 11.2 Å². The number of allylic oxidation sites excluding steroid dienone is 1. The smallest absolute Gasteiger partial charge is 0.201 e. The van der Waals surface area contributed by atoms with Gasteiger partial charge in [-0.1, -0.05) is 30.3 Å². The van der Waals surface area contributed by atoms with Gasteiger partial charge in [0.1, 0.15) is 5.82 Å². The Bertz CT molecular complexity index is 1250. The summed E-state index contributed by atoms with van der Waals surface area (Å²) in [5, 5.41) is 0. The van der Waals surface area contributed by atoms with Crippen molar-refractivity contribution in [1.29, 1.82) is 0 Å². The van der Waals surface area contributed by atoms with Gasteiger partial charge < -0.3 is 9.47 Å². The molecular formula is C29H27F5O2. The van der Waals surface area contributed by atoms with E-state index in [-0.39, 0.29) is 36.3 Å². The van der Waals surface area contributed by atoms with Crippen molar-refractivity contribution in [1.82, 2.24) is 0 Å². The fourth-order valence-corrected chi connectivity index (χ4v) is 4.57. The van der Waals surface area contributed by atoms with Crippen molar-refractivity contribution in [2.75, 3.05) is 13.2 Å². The zero-order valence-electron chi connectivity index (χ0n) is 19.9. The van der Waals surface area contributed by atoms with Crippen LogP contribution in [0.2, 0.25) is 0 Å². The minimum atomic E-state index is -1.31. The maximum Gasteiger partial charge on any atom is 0.201 e. The van der Waals surface area contributed by atoms with Crippen molar-refractivity contribution in [2.45, 2.75) is 44.6 Å². The lowest BCUT2D eigenvalue weighted by Crippen LogP contribution is -2.20. The Kier molecular flexibility index (Phi) is 8.09. The van der Waals surface area contributed by atoms with E-state index in [0.717, 1.165) is 11.6 Å². The molecule has 0 aliphatic carbocycles. The summed E-state index contributed by atoms with van der Waals surface area (Å²) in [7, 11) is 0. The third-order valence-corrected chi connectivity index (χ3v) is 6.54. The summed E-state index contributed by atoms with van der Waals surface area (Å²) < 4.78 is 84.1. The Morgan fingerprint density at radius 3 is 2.28 bits per heavy atom. The van der Waals surface area contributed by atoms with Crippen molar-refractivity contribution < 1.29 is 31.4 Å². The van der Waals surface area contributed by atoms with E-state index in [9.17, 15) is 17.6 Å². The molecule has 3 aromatic rings. The molecule has 0 N–H and O–H groups in total. The molecule has 0 saturated carbocycles. The van der Waals surface area contributed by atoms with Crippen LogP contribution in [0.15, 0.2) is 55.1 Å². The average Bonchev–Trinajstić information content (AvgIpc) is 2.88. The van der Waals surface area contributed by atoms with Crippen molar-refractivity contribution in [3.8, 4) is 16.9 Å². The standard InChI is InChI=1S/C29H27F5O2/c1-3-5-6-17-7-8-18(15-23(17)30)19-9-13-24(36-16-19)22-11-10-20(26(31)28(22)33)21-12-14-25(35-4-2)29(34)27(21)32/h3,7-8,10-12,14-15,19,24H,1,4-6,9,13,16H2,2H3. The van der Waals surface area contributed by atoms with Gasteiger partial charge in [0.05, 0.1) is 19.3 Å². The van der Waals surface area contributed by atoms with Crippen molar-refractivity contribution in [3.63, 3.8) is 0 Å². The predicted molar refractivity (Wildman–Crippen MR) is 128 cm³/mol. The highest BCUT2D eigenvalue weighted by Crippen LogP contribution is 2.39. The molecule has 0 aromatic heterocycles. The van der Waals surface area contributed by atoms with E-state index >= 15 is 4.39 Å². The molecule has 2 nitrogen and oxygen atoms in total. The van der Waals surface area contributed by atoms with Gasteiger partial charge in [-0.2, -0.15) is 4.39 Å². The highest BCUT2D eigenvalue weighted by Gasteiger charge is 2.29. The lowest BCUT2D eigenvalue weighted by Gasteiger charge is -2.30. The Balaban J connectivity index is 1.50. The zero-order valence-corrected chi connectivity index (χ0v) is 19.9. The quantitative estimate of drug-likeness (QED) is 0.228. The van der Waals surface area contributed by atoms with Crippen LogP contribution in [0.1, 0.15) is 54.9 Å². The van der Waals surface area contributed by atoms with E-state index in [1.807, 2.05) is 6.07 Å². The first-order chi connectivity index (χ1) is 17.3. The molecule has 0 amide bonds. The van der Waals surface area contributed by atoms with Gasteiger partial charge in [0.2, 0.25) is 5.82 Å². The SMILES string of the molecule is C=CCCc1ccc(C2CCC(c3ccc(-c4ccc(OCC)c(F)c4F)c(F)c3F)OC2)cc1F. The predicted octanol–water partition coefficient (Wildman–Crippen LogP) is 8.20. The monoisotopic (exact) mass is 502 g/mol. The number of hydrogen-bond donors (Lipinski definition) is 0. The van der Waals surface area contributed by atoms with E-state index in [4.69, 9.17) is 9.47 Å². The summed E-state index contributed by atoms with van der Waals surface area (Å²) in [6.07, 6.45) is 3.29. The topological polar surface area (TPSA) is 18.5 Å². The minimum absolute atomic E-state index is 0.00692. The summed E-state index contributed by atoms with van der Waals surface area (Å²) in [5.74, 6) is -5.67. The largest absolute Gasteiger partial charge is 0.491 e. The Morgan fingerprint density at radius 2 is 1.64 bits per heavy atom. The molecule has 0 radical (unpaired) electrons. The molecule has 1 saturated heterocycles. The summed E-state index contributed by atoms with van der Waals surface area (Å²) in [6, 6.07) is 10.0. The van der Waals surface area contributed by atoms with Crippen LogP contribution in [0, 0.1) is 29.1 Å². The minimum Gasteiger partial charge on any atom is -0.491 e. The molecule has 1 fully saturated rings. The van der Waals surface area contributed by atoms with Crippen molar-refractivity contribution in [3.05, 3.63) is 101 Å². The summed E-state index contributed by atoms with van der Waals surface area (Å²) in [5.41, 5.74) is 0.629. The van der Waals surface area contributed by atoms with Crippen LogP contribution in [0.4, 0.5) is 22.0 Å². The number of hydrogen-bond acceptors (Lipinski definition) is 2. The zero-order chi connectivity index (χ0) is 25.8. The van der Waals surface area contributed by atoms with Crippen LogP contribution >= 0.6 is 0 Å². The molecule has 1 aliphatic heterocycles. The molecule has 3 aromatic carbocycles. The van der Waals surface area contributed by atoms with Crippen molar-refractivity contribution >= 4 is 0 Å². The third-order valence-electron chi connectivity index (χ3n) is 6.54. The van der Waals surface area contributed by atoms with Crippen LogP contribution in [0.3, 0.4) is 0 Å².